The number of rotatable bonds is 4. The van der Waals surface area contributed by atoms with E-state index in [1.807, 2.05) is 6.20 Å². The first-order valence-electron chi connectivity index (χ1n) is 6.15. The Kier molecular flexibility index (Phi) is 3.79. The van der Waals surface area contributed by atoms with Crippen LogP contribution in [-0.2, 0) is 6.54 Å². The van der Waals surface area contributed by atoms with Crippen LogP contribution in [0.2, 0.25) is 0 Å². The van der Waals surface area contributed by atoms with Gasteiger partial charge in [0.15, 0.2) is 11.6 Å². The van der Waals surface area contributed by atoms with E-state index >= 15 is 0 Å². The summed E-state index contributed by atoms with van der Waals surface area (Å²) in [5.41, 5.74) is 1.92. The molecule has 100 valence electrons. The molecule has 1 heterocycles. The zero-order valence-electron chi connectivity index (χ0n) is 11.0. The lowest BCUT2D eigenvalue weighted by atomic mass is 10.0. The highest BCUT2D eigenvalue weighted by atomic mass is 19.2. The van der Waals surface area contributed by atoms with Crippen molar-refractivity contribution < 1.29 is 8.78 Å². The summed E-state index contributed by atoms with van der Waals surface area (Å²) in [6.45, 7) is 8.59. The fourth-order valence-electron chi connectivity index (χ4n) is 1.96. The molecule has 0 saturated carbocycles. The molecular formula is C15H16F2N2. The summed E-state index contributed by atoms with van der Waals surface area (Å²) in [7, 11) is 0. The van der Waals surface area contributed by atoms with Crippen molar-refractivity contribution in [2.24, 2.45) is 5.92 Å². The summed E-state index contributed by atoms with van der Waals surface area (Å²) in [6, 6.07) is 2.33. The van der Waals surface area contributed by atoms with Gasteiger partial charge < -0.3 is 0 Å². The lowest BCUT2D eigenvalue weighted by Crippen LogP contribution is -2.04. The Hall–Kier alpha value is -1.97. The normalized spacial score (nSPS) is 11.0. The number of hydrogen-bond donors (Lipinski definition) is 0. The number of halogens is 2. The monoisotopic (exact) mass is 262 g/mol. The van der Waals surface area contributed by atoms with Gasteiger partial charge in [0.2, 0.25) is 0 Å². The van der Waals surface area contributed by atoms with E-state index in [9.17, 15) is 8.78 Å². The standard InChI is InChI=1S/C15H16F2N2/c1-4-11-5-14(16)15(17)6-13(11)12-7-18-19(9-12)8-10(2)3/h4-7,9-10H,1,8H2,2-3H3. The molecule has 2 rings (SSSR count). The van der Waals surface area contributed by atoms with E-state index in [4.69, 9.17) is 0 Å². The first kappa shape index (κ1) is 13.5. The van der Waals surface area contributed by atoms with Crippen molar-refractivity contribution in [3.8, 4) is 11.1 Å². The predicted octanol–water partition coefficient (Wildman–Crippen LogP) is 4.13. The molecule has 2 aromatic rings. The molecule has 0 fully saturated rings. The quantitative estimate of drug-likeness (QED) is 0.810. The van der Waals surface area contributed by atoms with Crippen LogP contribution in [0.4, 0.5) is 8.78 Å². The molecule has 0 atom stereocenters. The second-order valence-corrected chi connectivity index (χ2v) is 4.90. The molecule has 0 amide bonds. The molecule has 0 aliphatic rings. The molecule has 0 bridgehead atoms. The molecule has 0 N–H and O–H groups in total. The molecule has 0 aliphatic carbocycles. The molecule has 0 radical (unpaired) electrons. The van der Waals surface area contributed by atoms with Gasteiger partial charge in [-0.25, -0.2) is 8.78 Å². The van der Waals surface area contributed by atoms with Gasteiger partial charge in [-0.05, 0) is 29.2 Å². The van der Waals surface area contributed by atoms with Crippen LogP contribution in [0.5, 0.6) is 0 Å². The van der Waals surface area contributed by atoms with Crippen LogP contribution in [0.1, 0.15) is 19.4 Å². The van der Waals surface area contributed by atoms with Gasteiger partial charge in [-0.1, -0.05) is 26.5 Å². The van der Waals surface area contributed by atoms with Gasteiger partial charge in [-0.15, -0.1) is 0 Å². The molecule has 19 heavy (non-hydrogen) atoms. The zero-order valence-corrected chi connectivity index (χ0v) is 11.0. The maximum absolute atomic E-state index is 13.4. The fraction of sp³-hybridized carbons (Fsp3) is 0.267. The van der Waals surface area contributed by atoms with E-state index in [2.05, 4.69) is 25.5 Å². The average Bonchev–Trinajstić information content (AvgIpc) is 2.79. The molecule has 1 aromatic carbocycles. The lowest BCUT2D eigenvalue weighted by molar-refractivity contribution is 0.483. The van der Waals surface area contributed by atoms with Crippen molar-refractivity contribution in [2.45, 2.75) is 20.4 Å². The van der Waals surface area contributed by atoms with Crippen molar-refractivity contribution in [3.05, 3.63) is 48.3 Å². The second kappa shape index (κ2) is 5.34. The maximum atomic E-state index is 13.4. The molecule has 4 heteroatoms. The third-order valence-electron chi connectivity index (χ3n) is 2.81. The highest BCUT2D eigenvalue weighted by molar-refractivity contribution is 5.74. The summed E-state index contributed by atoms with van der Waals surface area (Å²) in [6.07, 6.45) is 5.00. The van der Waals surface area contributed by atoms with E-state index in [1.165, 1.54) is 12.1 Å². The minimum absolute atomic E-state index is 0.469. The number of hydrogen-bond acceptors (Lipinski definition) is 1. The van der Waals surface area contributed by atoms with E-state index in [0.717, 1.165) is 18.2 Å². The Morgan fingerprint density at radius 2 is 2.00 bits per heavy atom. The van der Waals surface area contributed by atoms with Gasteiger partial charge in [0, 0.05) is 18.3 Å². The number of aromatic nitrogens is 2. The van der Waals surface area contributed by atoms with Crippen LogP contribution in [0, 0.1) is 17.6 Å². The minimum atomic E-state index is -0.867. The molecule has 0 aliphatic heterocycles. The van der Waals surface area contributed by atoms with Gasteiger partial charge in [0.25, 0.3) is 0 Å². The Bertz CT molecular complexity index is 600. The highest BCUT2D eigenvalue weighted by Gasteiger charge is 2.11. The summed E-state index contributed by atoms with van der Waals surface area (Å²) in [4.78, 5) is 0. The Balaban J connectivity index is 2.43. The maximum Gasteiger partial charge on any atom is 0.159 e. The van der Waals surface area contributed by atoms with Gasteiger partial charge in [-0.3, -0.25) is 4.68 Å². The van der Waals surface area contributed by atoms with E-state index in [1.54, 1.807) is 10.9 Å². The topological polar surface area (TPSA) is 17.8 Å². The van der Waals surface area contributed by atoms with Crippen LogP contribution in [0.15, 0.2) is 31.1 Å². The molecule has 0 saturated heterocycles. The van der Waals surface area contributed by atoms with Crippen LogP contribution >= 0.6 is 0 Å². The fourth-order valence-corrected chi connectivity index (χ4v) is 1.96. The largest absolute Gasteiger partial charge is 0.272 e. The highest BCUT2D eigenvalue weighted by Crippen LogP contribution is 2.27. The van der Waals surface area contributed by atoms with E-state index in [-0.39, 0.29) is 0 Å². The SMILES string of the molecule is C=Cc1cc(F)c(F)cc1-c1cnn(CC(C)C)c1. The molecule has 0 unspecified atom stereocenters. The predicted molar refractivity (Wildman–Crippen MR) is 72.5 cm³/mol. The second-order valence-electron chi connectivity index (χ2n) is 4.90. The summed E-state index contributed by atoms with van der Waals surface area (Å²) >= 11 is 0. The number of benzene rings is 1. The average molecular weight is 262 g/mol. The van der Waals surface area contributed by atoms with Crippen molar-refractivity contribution in [1.29, 1.82) is 0 Å². The van der Waals surface area contributed by atoms with Gasteiger partial charge in [0.05, 0.1) is 6.20 Å². The minimum Gasteiger partial charge on any atom is -0.272 e. The van der Waals surface area contributed by atoms with E-state index in [0.29, 0.717) is 17.0 Å². The van der Waals surface area contributed by atoms with Gasteiger partial charge >= 0.3 is 0 Å². The molecular weight excluding hydrogens is 246 g/mol. The Morgan fingerprint density at radius 3 is 2.63 bits per heavy atom. The number of nitrogens with zero attached hydrogens (tertiary/aromatic N) is 2. The first-order valence-corrected chi connectivity index (χ1v) is 6.15. The Labute approximate surface area is 111 Å². The van der Waals surface area contributed by atoms with Crippen LogP contribution in [-0.4, -0.2) is 9.78 Å². The van der Waals surface area contributed by atoms with Crippen molar-refractivity contribution in [1.82, 2.24) is 9.78 Å². The zero-order chi connectivity index (χ0) is 14.0. The molecule has 0 spiro atoms. The van der Waals surface area contributed by atoms with Crippen molar-refractivity contribution in [2.75, 3.05) is 0 Å². The van der Waals surface area contributed by atoms with Gasteiger partial charge in [-0.2, -0.15) is 5.10 Å². The third kappa shape index (κ3) is 2.89. The molecule has 2 nitrogen and oxygen atoms in total. The van der Waals surface area contributed by atoms with Crippen LogP contribution in [0.25, 0.3) is 17.2 Å². The van der Waals surface area contributed by atoms with Crippen LogP contribution < -0.4 is 0 Å². The van der Waals surface area contributed by atoms with Crippen molar-refractivity contribution in [3.63, 3.8) is 0 Å². The third-order valence-corrected chi connectivity index (χ3v) is 2.81. The smallest absolute Gasteiger partial charge is 0.159 e. The van der Waals surface area contributed by atoms with Crippen LogP contribution in [0.3, 0.4) is 0 Å². The Morgan fingerprint density at radius 1 is 1.32 bits per heavy atom. The summed E-state index contributed by atoms with van der Waals surface area (Å²) in [5, 5.41) is 4.23. The lowest BCUT2D eigenvalue weighted by Gasteiger charge is -2.06. The summed E-state index contributed by atoms with van der Waals surface area (Å²) < 4.78 is 28.4. The first-order chi connectivity index (χ1) is 9.01. The molecule has 1 aromatic heterocycles. The summed E-state index contributed by atoms with van der Waals surface area (Å²) in [5.74, 6) is -1.26. The van der Waals surface area contributed by atoms with Gasteiger partial charge in [0.1, 0.15) is 0 Å². The van der Waals surface area contributed by atoms with E-state index < -0.39 is 11.6 Å². The van der Waals surface area contributed by atoms with Crippen molar-refractivity contribution >= 4 is 6.08 Å².